The molecule has 2 atom stereocenters. The summed E-state index contributed by atoms with van der Waals surface area (Å²) >= 11 is 5.99. The second-order valence-electron chi connectivity index (χ2n) is 8.05. The van der Waals surface area contributed by atoms with Crippen molar-refractivity contribution in [2.75, 3.05) is 31.5 Å². The van der Waals surface area contributed by atoms with Gasteiger partial charge in [-0.2, -0.15) is 0 Å². The average Bonchev–Trinajstić information content (AvgIpc) is 2.83. The maximum absolute atomic E-state index is 12.6. The number of carbonyl (C=O) groups excluding carboxylic acids is 3. The molecule has 29 heavy (non-hydrogen) atoms. The third kappa shape index (κ3) is 4.18. The van der Waals surface area contributed by atoms with Crippen LogP contribution in [0.5, 0.6) is 0 Å². The Hall–Kier alpha value is -2.32. The lowest BCUT2D eigenvalue weighted by Gasteiger charge is -2.40. The molecule has 3 aliphatic rings. The molecule has 9 heteroatoms. The number of hydrogen-bond acceptors (Lipinski definition) is 5. The first-order valence-electron chi connectivity index (χ1n) is 9.99. The molecule has 2 fully saturated rings. The lowest BCUT2D eigenvalue weighted by Crippen LogP contribution is -2.58. The molecule has 156 valence electrons. The van der Waals surface area contributed by atoms with Crippen LogP contribution in [0.1, 0.15) is 42.5 Å². The topological polar surface area (TPSA) is 102 Å². The molecule has 8 nitrogen and oxygen atoms in total. The van der Waals surface area contributed by atoms with Gasteiger partial charge in [-0.1, -0.05) is 11.6 Å². The molecular formula is C20H25ClN4O4. The number of fused-ring (bicyclic) bond motifs is 1. The van der Waals surface area contributed by atoms with Crippen molar-refractivity contribution in [3.05, 3.63) is 28.8 Å². The number of piperidine rings is 1. The molecule has 3 amide bonds. The van der Waals surface area contributed by atoms with Crippen LogP contribution in [0, 0.1) is 0 Å². The van der Waals surface area contributed by atoms with Crippen molar-refractivity contribution >= 4 is 35.0 Å². The number of hydrogen-bond donors (Lipinski definition) is 3. The highest BCUT2D eigenvalue weighted by Gasteiger charge is 2.41. The van der Waals surface area contributed by atoms with Crippen LogP contribution >= 0.6 is 11.6 Å². The van der Waals surface area contributed by atoms with E-state index in [1.54, 1.807) is 28.0 Å². The number of carbonyl (C=O) groups is 3. The van der Waals surface area contributed by atoms with Crippen molar-refractivity contribution in [2.24, 2.45) is 0 Å². The van der Waals surface area contributed by atoms with Crippen LogP contribution in [-0.2, 0) is 9.59 Å². The number of nitrogens with one attached hydrogen (secondary N) is 2. The van der Waals surface area contributed by atoms with Gasteiger partial charge in [-0.3, -0.25) is 14.4 Å². The van der Waals surface area contributed by atoms with Crippen LogP contribution in [-0.4, -0.2) is 70.6 Å². The summed E-state index contributed by atoms with van der Waals surface area (Å²) in [6.45, 7) is 1.29. The van der Waals surface area contributed by atoms with Gasteiger partial charge in [0, 0.05) is 43.2 Å². The summed E-state index contributed by atoms with van der Waals surface area (Å²) in [5.74, 6) is -0.472. The maximum atomic E-state index is 12.6. The van der Waals surface area contributed by atoms with Gasteiger partial charge in [0.15, 0.2) is 0 Å². The summed E-state index contributed by atoms with van der Waals surface area (Å²) in [6, 6.07) is 5.11. The molecule has 1 aromatic rings. The Bertz CT molecular complexity index is 848. The third-order valence-electron chi connectivity index (χ3n) is 5.96. The van der Waals surface area contributed by atoms with E-state index in [1.165, 1.54) is 0 Å². The van der Waals surface area contributed by atoms with E-state index in [0.717, 1.165) is 6.42 Å². The monoisotopic (exact) mass is 420 g/mol. The van der Waals surface area contributed by atoms with Gasteiger partial charge in [-0.05, 0) is 37.5 Å². The summed E-state index contributed by atoms with van der Waals surface area (Å²) in [6.07, 6.45) is 2.13. The van der Waals surface area contributed by atoms with Crippen molar-refractivity contribution in [1.82, 2.24) is 15.1 Å². The Morgan fingerprint density at radius 2 is 2.07 bits per heavy atom. The normalized spacial score (nSPS) is 27.2. The summed E-state index contributed by atoms with van der Waals surface area (Å²) in [4.78, 5) is 41.0. The molecule has 3 N–H and O–H groups in total. The lowest BCUT2D eigenvalue weighted by molar-refractivity contribution is -0.141. The van der Waals surface area contributed by atoms with Crippen molar-refractivity contribution < 1.29 is 19.5 Å². The maximum Gasteiger partial charge on any atom is 0.255 e. The number of anilines is 1. The molecule has 1 spiro atoms. The molecule has 2 saturated heterocycles. The fraction of sp³-hybridized carbons (Fsp3) is 0.550. The first-order valence-corrected chi connectivity index (χ1v) is 10.4. The second kappa shape index (κ2) is 7.84. The van der Waals surface area contributed by atoms with Crippen LogP contribution in [0.4, 0.5) is 5.69 Å². The fourth-order valence-electron chi connectivity index (χ4n) is 4.30. The molecule has 3 aliphatic heterocycles. The first-order chi connectivity index (χ1) is 13.8. The minimum absolute atomic E-state index is 0.00176. The van der Waals surface area contributed by atoms with Gasteiger partial charge in [0.05, 0.1) is 18.2 Å². The smallest absolute Gasteiger partial charge is 0.255 e. The lowest BCUT2D eigenvalue weighted by atomic mass is 9.95. The largest absolute Gasteiger partial charge is 0.391 e. The highest BCUT2D eigenvalue weighted by molar-refractivity contribution is 6.31. The third-order valence-corrected chi connectivity index (χ3v) is 6.19. The molecule has 4 rings (SSSR count). The minimum atomic E-state index is -0.729. The Kier molecular flexibility index (Phi) is 5.40. The van der Waals surface area contributed by atoms with Crippen molar-refractivity contribution in [3.8, 4) is 0 Å². The number of rotatable bonds is 2. The summed E-state index contributed by atoms with van der Waals surface area (Å²) < 4.78 is 0. The van der Waals surface area contributed by atoms with Crippen molar-refractivity contribution in [3.63, 3.8) is 0 Å². The zero-order valence-electron chi connectivity index (χ0n) is 16.1. The number of β-amino-alcohol motifs (C(OH)–C–C–N with tert-alkyl or cyclic N) is 1. The number of aliphatic hydroxyl groups is 1. The standard InChI is InChI=1S/C20H25ClN4O4/c21-13-3-4-16-15(10-13)19(29)23-20(22-16)6-5-17(27)25(9-7-20)12-18(28)24-8-1-2-14(26)11-24/h3-4,10,14,22,26H,1-2,5-9,11-12H2,(H,23,29)/t14-,20-/m0/s1. The zero-order valence-corrected chi connectivity index (χ0v) is 16.9. The predicted molar refractivity (Wildman–Crippen MR) is 108 cm³/mol. The Labute approximate surface area is 174 Å². The second-order valence-corrected chi connectivity index (χ2v) is 8.49. The van der Waals surface area contributed by atoms with E-state index in [4.69, 9.17) is 11.6 Å². The van der Waals surface area contributed by atoms with E-state index < -0.39 is 11.8 Å². The Morgan fingerprint density at radius 1 is 1.24 bits per heavy atom. The van der Waals surface area contributed by atoms with E-state index in [0.29, 0.717) is 55.2 Å². The number of likely N-dealkylation sites (tertiary alicyclic amines) is 2. The van der Waals surface area contributed by atoms with E-state index in [1.807, 2.05) is 0 Å². The summed E-state index contributed by atoms with van der Waals surface area (Å²) in [5, 5.41) is 16.7. The molecule has 0 aromatic heterocycles. The SMILES string of the molecule is O=C1N[C@]2(CCC(=O)N(CC(=O)N3CCC[C@H](O)C3)CC2)Nc2ccc(Cl)cc21. The average molecular weight is 421 g/mol. The van der Waals surface area contributed by atoms with Crippen LogP contribution < -0.4 is 10.6 Å². The highest BCUT2D eigenvalue weighted by atomic mass is 35.5. The van der Waals surface area contributed by atoms with Gasteiger partial charge in [0.25, 0.3) is 5.91 Å². The Morgan fingerprint density at radius 3 is 2.86 bits per heavy atom. The van der Waals surface area contributed by atoms with E-state index >= 15 is 0 Å². The van der Waals surface area contributed by atoms with Crippen LogP contribution in [0.2, 0.25) is 5.02 Å². The molecule has 0 unspecified atom stereocenters. The first kappa shape index (κ1) is 20.0. The predicted octanol–water partition coefficient (Wildman–Crippen LogP) is 1.19. The van der Waals surface area contributed by atoms with Gasteiger partial charge in [0.1, 0.15) is 5.66 Å². The van der Waals surface area contributed by atoms with E-state index in [2.05, 4.69) is 10.6 Å². The van der Waals surface area contributed by atoms with Gasteiger partial charge < -0.3 is 25.5 Å². The molecule has 3 heterocycles. The number of aliphatic hydroxyl groups excluding tert-OH is 1. The summed E-state index contributed by atoms with van der Waals surface area (Å²) in [5.41, 5.74) is 0.444. The van der Waals surface area contributed by atoms with Crippen LogP contribution in [0.3, 0.4) is 0 Å². The molecule has 1 aromatic carbocycles. The number of nitrogens with zero attached hydrogens (tertiary/aromatic N) is 2. The Balaban J connectivity index is 1.44. The minimum Gasteiger partial charge on any atom is -0.391 e. The van der Waals surface area contributed by atoms with Gasteiger partial charge >= 0.3 is 0 Å². The van der Waals surface area contributed by atoms with Gasteiger partial charge in [0.2, 0.25) is 11.8 Å². The molecule has 0 aliphatic carbocycles. The summed E-state index contributed by atoms with van der Waals surface area (Å²) in [7, 11) is 0. The van der Waals surface area contributed by atoms with Crippen molar-refractivity contribution in [2.45, 2.75) is 43.9 Å². The number of halogens is 1. The quantitative estimate of drug-likeness (QED) is 0.667. The number of amides is 3. The fourth-order valence-corrected chi connectivity index (χ4v) is 4.47. The van der Waals surface area contributed by atoms with Gasteiger partial charge in [-0.15, -0.1) is 0 Å². The number of benzene rings is 1. The van der Waals surface area contributed by atoms with Crippen LogP contribution in [0.15, 0.2) is 18.2 Å². The molecular weight excluding hydrogens is 396 g/mol. The molecule has 0 bridgehead atoms. The highest BCUT2D eigenvalue weighted by Crippen LogP contribution is 2.33. The van der Waals surface area contributed by atoms with Crippen LogP contribution in [0.25, 0.3) is 0 Å². The molecule has 0 radical (unpaired) electrons. The van der Waals surface area contributed by atoms with E-state index in [9.17, 15) is 19.5 Å². The zero-order chi connectivity index (χ0) is 20.6. The van der Waals surface area contributed by atoms with Gasteiger partial charge in [-0.25, -0.2) is 0 Å². The molecule has 0 saturated carbocycles. The van der Waals surface area contributed by atoms with E-state index in [-0.39, 0.29) is 30.7 Å². The van der Waals surface area contributed by atoms with Crippen molar-refractivity contribution in [1.29, 1.82) is 0 Å².